The number of aryl methyl sites for hydroxylation is 2. The summed E-state index contributed by atoms with van der Waals surface area (Å²) in [6, 6.07) is 5.65. The average Bonchev–Trinajstić information content (AvgIpc) is 2.99. The Balaban J connectivity index is 1.67. The van der Waals surface area contributed by atoms with Crippen LogP contribution in [-0.2, 0) is 9.59 Å². The van der Waals surface area contributed by atoms with Crippen molar-refractivity contribution in [3.05, 3.63) is 41.5 Å². The molecular weight excluding hydrogens is 280 g/mol. The molecule has 0 heterocycles. The summed E-state index contributed by atoms with van der Waals surface area (Å²) in [5.41, 5.74) is 7.06. The zero-order valence-corrected chi connectivity index (χ0v) is 13.0. The predicted molar refractivity (Wildman–Crippen MR) is 84.2 cm³/mol. The maximum atomic E-state index is 11.7. The smallest absolute Gasteiger partial charge is 0.276 e. The van der Waals surface area contributed by atoms with Crippen molar-refractivity contribution in [2.24, 2.45) is 5.92 Å². The second-order valence-electron chi connectivity index (χ2n) is 5.60. The third-order valence-electron chi connectivity index (χ3n) is 3.75. The van der Waals surface area contributed by atoms with Crippen molar-refractivity contribution in [2.75, 3.05) is 6.61 Å². The van der Waals surface area contributed by atoms with E-state index >= 15 is 0 Å². The third kappa shape index (κ3) is 4.91. The molecule has 0 radical (unpaired) electrons. The maximum Gasteiger partial charge on any atom is 0.276 e. The molecule has 1 aliphatic carbocycles. The number of carbonyl (C=O) groups is 2. The summed E-state index contributed by atoms with van der Waals surface area (Å²) in [6.45, 7) is 3.87. The summed E-state index contributed by atoms with van der Waals surface area (Å²) in [7, 11) is 0. The van der Waals surface area contributed by atoms with Crippen LogP contribution in [0.15, 0.2) is 30.4 Å². The van der Waals surface area contributed by atoms with Gasteiger partial charge < -0.3 is 4.74 Å². The highest BCUT2D eigenvalue weighted by atomic mass is 16.5. The summed E-state index contributed by atoms with van der Waals surface area (Å²) < 4.78 is 5.39. The van der Waals surface area contributed by atoms with Gasteiger partial charge in [-0.1, -0.05) is 18.2 Å². The summed E-state index contributed by atoms with van der Waals surface area (Å²) in [6.07, 6.45) is 6.54. The fraction of sp³-hybridized carbons (Fsp3) is 0.412. The fourth-order valence-electron chi connectivity index (χ4n) is 2.28. The Hall–Kier alpha value is -2.30. The summed E-state index contributed by atoms with van der Waals surface area (Å²) in [5, 5.41) is 0. The van der Waals surface area contributed by atoms with Crippen LogP contribution in [0.2, 0.25) is 0 Å². The first-order valence-corrected chi connectivity index (χ1v) is 7.49. The van der Waals surface area contributed by atoms with E-state index < -0.39 is 0 Å². The van der Waals surface area contributed by atoms with Crippen LogP contribution in [0.5, 0.6) is 5.75 Å². The van der Waals surface area contributed by atoms with Gasteiger partial charge >= 0.3 is 0 Å². The van der Waals surface area contributed by atoms with Gasteiger partial charge in [0.2, 0.25) is 5.91 Å². The van der Waals surface area contributed by atoms with E-state index in [2.05, 4.69) is 16.9 Å². The van der Waals surface area contributed by atoms with Gasteiger partial charge in [-0.05, 0) is 55.9 Å². The number of nitrogens with one attached hydrogen (secondary N) is 2. The second kappa shape index (κ2) is 7.64. The minimum atomic E-state index is -0.381. The highest BCUT2D eigenvalue weighted by molar-refractivity contribution is 5.82. The lowest BCUT2D eigenvalue weighted by Crippen LogP contribution is -2.44. The standard InChI is InChI=1S/C17H22N2O3/c1-12-7-8-15(9-13(12)2)22-11-17(21)19-18-16(20)10-14-5-3-4-6-14/h3,5,7-9,14H,4,6,10-11H2,1-2H3,(H,18,20)(H,19,21)/t14-/m0/s1. The molecule has 1 aliphatic rings. The molecular formula is C17H22N2O3. The summed E-state index contributed by atoms with van der Waals surface area (Å²) in [4.78, 5) is 23.3. The molecule has 0 saturated carbocycles. The van der Waals surface area contributed by atoms with Gasteiger partial charge in [0.25, 0.3) is 5.91 Å². The Morgan fingerprint density at radius 1 is 1.18 bits per heavy atom. The number of rotatable bonds is 5. The van der Waals surface area contributed by atoms with Crippen LogP contribution in [0.4, 0.5) is 0 Å². The largest absolute Gasteiger partial charge is 0.484 e. The van der Waals surface area contributed by atoms with Crippen molar-refractivity contribution in [2.45, 2.75) is 33.1 Å². The number of benzene rings is 1. The SMILES string of the molecule is Cc1ccc(OCC(=O)NNC(=O)C[C@H]2C=CCC2)cc1C. The number of ether oxygens (including phenoxy) is 1. The van der Waals surface area contributed by atoms with Gasteiger partial charge in [0.1, 0.15) is 5.75 Å². The lowest BCUT2D eigenvalue weighted by Gasteiger charge is -2.11. The Kier molecular flexibility index (Phi) is 5.58. The van der Waals surface area contributed by atoms with Crippen molar-refractivity contribution in [3.8, 4) is 5.75 Å². The lowest BCUT2D eigenvalue weighted by molar-refractivity contribution is -0.130. The van der Waals surface area contributed by atoms with Gasteiger partial charge in [-0.3, -0.25) is 20.4 Å². The highest BCUT2D eigenvalue weighted by Gasteiger charge is 2.14. The number of carbonyl (C=O) groups excluding carboxylic acids is 2. The monoisotopic (exact) mass is 302 g/mol. The molecule has 0 spiro atoms. The molecule has 1 atom stereocenters. The van der Waals surface area contributed by atoms with Crippen molar-refractivity contribution < 1.29 is 14.3 Å². The maximum absolute atomic E-state index is 11.7. The van der Waals surface area contributed by atoms with E-state index in [1.54, 1.807) is 0 Å². The van der Waals surface area contributed by atoms with Gasteiger partial charge in [0.05, 0.1) is 0 Å². The fourth-order valence-corrected chi connectivity index (χ4v) is 2.28. The summed E-state index contributed by atoms with van der Waals surface area (Å²) in [5.74, 6) is 0.356. The topological polar surface area (TPSA) is 67.4 Å². The van der Waals surface area contributed by atoms with Crippen LogP contribution < -0.4 is 15.6 Å². The van der Waals surface area contributed by atoms with Gasteiger partial charge in [-0.25, -0.2) is 0 Å². The van der Waals surface area contributed by atoms with E-state index in [-0.39, 0.29) is 24.3 Å². The van der Waals surface area contributed by atoms with Crippen LogP contribution >= 0.6 is 0 Å². The van der Waals surface area contributed by atoms with Gasteiger partial charge in [0, 0.05) is 6.42 Å². The van der Waals surface area contributed by atoms with Crippen LogP contribution in [0.1, 0.15) is 30.4 Å². The quantitative estimate of drug-likeness (QED) is 0.647. The van der Waals surface area contributed by atoms with Gasteiger partial charge in [0.15, 0.2) is 6.61 Å². The lowest BCUT2D eigenvalue weighted by atomic mass is 10.1. The molecule has 118 valence electrons. The Morgan fingerprint density at radius 2 is 1.95 bits per heavy atom. The average molecular weight is 302 g/mol. The van der Waals surface area contributed by atoms with Gasteiger partial charge in [-0.15, -0.1) is 0 Å². The molecule has 1 aromatic rings. The van der Waals surface area contributed by atoms with E-state index in [0.29, 0.717) is 12.2 Å². The van der Waals surface area contributed by atoms with Gasteiger partial charge in [-0.2, -0.15) is 0 Å². The Labute approximate surface area is 130 Å². The minimum Gasteiger partial charge on any atom is -0.484 e. The number of amides is 2. The van der Waals surface area contributed by atoms with Crippen molar-refractivity contribution >= 4 is 11.8 Å². The number of hydrogen-bond donors (Lipinski definition) is 2. The Morgan fingerprint density at radius 3 is 2.64 bits per heavy atom. The Bertz CT molecular complexity index is 581. The molecule has 1 aromatic carbocycles. The van der Waals surface area contributed by atoms with Crippen molar-refractivity contribution in [1.82, 2.24) is 10.9 Å². The molecule has 2 rings (SSSR count). The molecule has 0 bridgehead atoms. The number of allylic oxidation sites excluding steroid dienone is 2. The van der Waals surface area contributed by atoms with Crippen molar-refractivity contribution in [1.29, 1.82) is 0 Å². The van der Waals surface area contributed by atoms with E-state index in [0.717, 1.165) is 18.4 Å². The molecule has 0 aliphatic heterocycles. The molecule has 5 heteroatoms. The van der Waals surface area contributed by atoms with E-state index in [1.807, 2.05) is 38.1 Å². The van der Waals surface area contributed by atoms with E-state index in [9.17, 15) is 9.59 Å². The molecule has 2 N–H and O–H groups in total. The molecule has 0 saturated heterocycles. The molecule has 2 amide bonds. The second-order valence-corrected chi connectivity index (χ2v) is 5.60. The van der Waals surface area contributed by atoms with E-state index in [4.69, 9.17) is 4.74 Å². The minimum absolute atomic E-state index is 0.133. The first-order chi connectivity index (χ1) is 10.5. The zero-order chi connectivity index (χ0) is 15.9. The first-order valence-electron chi connectivity index (χ1n) is 7.49. The zero-order valence-electron chi connectivity index (χ0n) is 13.0. The molecule has 5 nitrogen and oxygen atoms in total. The first kappa shape index (κ1) is 16.1. The number of hydrogen-bond acceptors (Lipinski definition) is 3. The molecule has 22 heavy (non-hydrogen) atoms. The third-order valence-corrected chi connectivity index (χ3v) is 3.75. The predicted octanol–water partition coefficient (Wildman–Crippen LogP) is 2.19. The summed E-state index contributed by atoms with van der Waals surface area (Å²) >= 11 is 0. The normalized spacial score (nSPS) is 16.4. The number of hydrazine groups is 1. The highest BCUT2D eigenvalue weighted by Crippen LogP contribution is 2.19. The van der Waals surface area contributed by atoms with E-state index in [1.165, 1.54) is 5.56 Å². The van der Waals surface area contributed by atoms with Crippen LogP contribution in [0.25, 0.3) is 0 Å². The van der Waals surface area contributed by atoms with Crippen LogP contribution in [0.3, 0.4) is 0 Å². The molecule has 0 unspecified atom stereocenters. The van der Waals surface area contributed by atoms with Crippen molar-refractivity contribution in [3.63, 3.8) is 0 Å². The van der Waals surface area contributed by atoms with Crippen LogP contribution in [-0.4, -0.2) is 18.4 Å². The van der Waals surface area contributed by atoms with Crippen LogP contribution in [0, 0.1) is 19.8 Å². The molecule has 0 aromatic heterocycles. The molecule has 0 fully saturated rings.